The molecule has 0 unspecified atom stereocenters. The highest BCUT2D eigenvalue weighted by Crippen LogP contribution is 2.33. The molecule has 0 fully saturated rings. The van der Waals surface area contributed by atoms with Crippen molar-refractivity contribution >= 4 is 76.6 Å². The Kier molecular flexibility index (Phi) is 3.86. The molecule has 2 aromatic carbocycles. The summed E-state index contributed by atoms with van der Waals surface area (Å²) in [4.78, 5) is 13.7. The number of anilines is 4. The molecule has 0 saturated carbocycles. The summed E-state index contributed by atoms with van der Waals surface area (Å²) in [5, 5.41) is 17.1. The number of aromatic nitrogens is 5. The van der Waals surface area contributed by atoms with Crippen molar-refractivity contribution in [3.05, 3.63) is 59.9 Å². The van der Waals surface area contributed by atoms with Crippen LogP contribution in [0.1, 0.15) is 0 Å². The van der Waals surface area contributed by atoms with Crippen LogP contribution in [0.3, 0.4) is 0 Å². The summed E-state index contributed by atoms with van der Waals surface area (Å²) >= 11 is 2.93. The monoisotopic (exact) mass is 433 g/mol. The minimum atomic E-state index is -0.283. The number of thiophene rings is 1. The fourth-order valence-electron chi connectivity index (χ4n) is 3.21. The molecule has 0 radical (unpaired) electrons. The number of halogens is 1. The zero-order chi connectivity index (χ0) is 20.1. The first-order valence-electron chi connectivity index (χ1n) is 9.00. The van der Waals surface area contributed by atoms with Crippen LogP contribution >= 0.6 is 22.7 Å². The largest absolute Gasteiger partial charge is 0.339 e. The van der Waals surface area contributed by atoms with Gasteiger partial charge in [0.15, 0.2) is 10.9 Å². The van der Waals surface area contributed by atoms with Crippen molar-refractivity contribution in [3.63, 3.8) is 0 Å². The number of nitrogens with one attached hydrogen (secondary N) is 3. The zero-order valence-corrected chi connectivity index (χ0v) is 16.8. The summed E-state index contributed by atoms with van der Waals surface area (Å²) in [5.41, 5.74) is 3.43. The molecule has 3 N–H and O–H groups in total. The van der Waals surface area contributed by atoms with E-state index in [2.05, 4.69) is 35.8 Å². The Morgan fingerprint density at radius 1 is 0.933 bits per heavy atom. The van der Waals surface area contributed by atoms with Gasteiger partial charge in [-0.25, -0.2) is 14.4 Å². The lowest BCUT2D eigenvalue weighted by Gasteiger charge is -2.09. The summed E-state index contributed by atoms with van der Waals surface area (Å²) in [7, 11) is 0. The summed E-state index contributed by atoms with van der Waals surface area (Å²) in [6.07, 6.45) is 1.78. The number of fused-ring (bicyclic) bond motifs is 3. The van der Waals surface area contributed by atoms with E-state index in [0.29, 0.717) is 16.9 Å². The van der Waals surface area contributed by atoms with Crippen molar-refractivity contribution in [2.75, 3.05) is 10.6 Å². The summed E-state index contributed by atoms with van der Waals surface area (Å²) < 4.78 is 15.2. The minimum Gasteiger partial charge on any atom is -0.339 e. The average molecular weight is 433 g/mol. The first-order valence-corrected chi connectivity index (χ1v) is 10.7. The lowest BCUT2D eigenvalue weighted by molar-refractivity contribution is 0.630. The normalized spacial score (nSPS) is 11.5. The fraction of sp³-hybridized carbons (Fsp3) is 0. The van der Waals surface area contributed by atoms with E-state index in [4.69, 9.17) is 0 Å². The first-order chi connectivity index (χ1) is 14.7. The first kappa shape index (κ1) is 17.2. The van der Waals surface area contributed by atoms with Gasteiger partial charge in [0, 0.05) is 11.1 Å². The van der Waals surface area contributed by atoms with Gasteiger partial charge in [0.25, 0.3) is 0 Å². The third-order valence-corrected chi connectivity index (χ3v) is 6.42. The molecule has 0 atom stereocenters. The lowest BCUT2D eigenvalue weighted by Crippen LogP contribution is -2.01. The van der Waals surface area contributed by atoms with Gasteiger partial charge < -0.3 is 5.32 Å². The number of thiazole rings is 1. The number of hydrogen-bond donors (Lipinski definition) is 3. The van der Waals surface area contributed by atoms with Crippen molar-refractivity contribution < 1.29 is 4.39 Å². The van der Waals surface area contributed by atoms with Crippen molar-refractivity contribution in [1.29, 1.82) is 0 Å². The highest BCUT2D eigenvalue weighted by Gasteiger charge is 2.12. The number of rotatable bonds is 4. The van der Waals surface area contributed by atoms with E-state index in [9.17, 15) is 4.39 Å². The molecule has 4 aromatic heterocycles. The number of hydrogen-bond acceptors (Lipinski definition) is 8. The molecule has 10 heteroatoms. The molecule has 0 aliphatic heterocycles. The second-order valence-corrected chi connectivity index (χ2v) is 8.53. The molecule has 0 aliphatic carbocycles. The van der Waals surface area contributed by atoms with Gasteiger partial charge in [0.05, 0.1) is 32.1 Å². The molecule has 4 heterocycles. The minimum absolute atomic E-state index is 0.283. The quantitative estimate of drug-likeness (QED) is 0.325. The predicted octanol–water partition coefficient (Wildman–Crippen LogP) is 5.80. The van der Waals surface area contributed by atoms with E-state index in [0.717, 1.165) is 37.0 Å². The molecule has 0 spiro atoms. The van der Waals surface area contributed by atoms with E-state index in [-0.39, 0.29) is 5.82 Å². The molecule has 0 aliphatic rings. The molecular weight excluding hydrogens is 421 g/mol. The summed E-state index contributed by atoms with van der Waals surface area (Å²) in [5.74, 6) is 0.842. The van der Waals surface area contributed by atoms with Crippen molar-refractivity contribution in [2.45, 2.75) is 0 Å². The molecule has 0 bridgehead atoms. The molecule has 7 nitrogen and oxygen atoms in total. The van der Waals surface area contributed by atoms with Gasteiger partial charge in [-0.3, -0.25) is 10.4 Å². The third-order valence-electron chi connectivity index (χ3n) is 4.58. The molecular formula is C20H12FN7S2. The molecule has 6 aromatic rings. The van der Waals surface area contributed by atoms with Gasteiger partial charge in [0.1, 0.15) is 5.82 Å². The topological polar surface area (TPSA) is 91.4 Å². The van der Waals surface area contributed by atoms with Crippen LogP contribution in [0.4, 0.5) is 27.0 Å². The Morgan fingerprint density at radius 3 is 2.87 bits per heavy atom. The maximum atomic E-state index is 13.5. The van der Waals surface area contributed by atoms with Crippen LogP contribution in [0.5, 0.6) is 0 Å². The van der Waals surface area contributed by atoms with E-state index >= 15 is 0 Å². The van der Waals surface area contributed by atoms with E-state index in [1.165, 1.54) is 23.5 Å². The van der Waals surface area contributed by atoms with Gasteiger partial charge in [-0.2, -0.15) is 10.1 Å². The maximum Gasteiger partial charge on any atom is 0.231 e. The SMILES string of the molecule is Fc1ccc2nc(Nc3nc(Nc4ccc5[nH]ncc5c4)c4sccc4n3)sc2c1. The van der Waals surface area contributed by atoms with Crippen LogP contribution in [-0.4, -0.2) is 25.1 Å². The second kappa shape index (κ2) is 6.71. The molecule has 0 amide bonds. The summed E-state index contributed by atoms with van der Waals surface area (Å²) in [6, 6.07) is 12.4. The number of nitrogens with zero attached hydrogens (tertiary/aromatic N) is 4. The van der Waals surface area contributed by atoms with Crippen LogP contribution in [-0.2, 0) is 0 Å². The van der Waals surface area contributed by atoms with Crippen LogP contribution in [0.15, 0.2) is 54.0 Å². The number of H-pyrrole nitrogens is 1. The van der Waals surface area contributed by atoms with Gasteiger partial charge in [0.2, 0.25) is 5.95 Å². The lowest BCUT2D eigenvalue weighted by atomic mass is 10.2. The zero-order valence-electron chi connectivity index (χ0n) is 15.2. The van der Waals surface area contributed by atoms with Gasteiger partial charge in [-0.15, -0.1) is 11.3 Å². The van der Waals surface area contributed by atoms with Crippen molar-refractivity contribution in [1.82, 2.24) is 25.1 Å². The Morgan fingerprint density at radius 2 is 1.90 bits per heavy atom. The van der Waals surface area contributed by atoms with Crippen LogP contribution in [0.2, 0.25) is 0 Å². The number of aromatic amines is 1. The van der Waals surface area contributed by atoms with E-state index in [1.54, 1.807) is 23.6 Å². The van der Waals surface area contributed by atoms with Gasteiger partial charge in [-0.05, 0) is 47.8 Å². The molecule has 6 rings (SSSR count). The molecule has 146 valence electrons. The van der Waals surface area contributed by atoms with Crippen LogP contribution < -0.4 is 10.6 Å². The van der Waals surface area contributed by atoms with Gasteiger partial charge in [-0.1, -0.05) is 11.3 Å². The Hall–Kier alpha value is -3.63. The van der Waals surface area contributed by atoms with E-state index < -0.39 is 0 Å². The third kappa shape index (κ3) is 3.02. The Bertz CT molecular complexity index is 1530. The highest BCUT2D eigenvalue weighted by atomic mass is 32.1. The van der Waals surface area contributed by atoms with Crippen LogP contribution in [0, 0.1) is 5.82 Å². The van der Waals surface area contributed by atoms with Crippen molar-refractivity contribution in [2.24, 2.45) is 0 Å². The molecule has 30 heavy (non-hydrogen) atoms. The average Bonchev–Trinajstić information content (AvgIpc) is 3.46. The standard InChI is InChI=1S/C20H12FN7S2/c21-11-1-3-14-16(8-11)30-20(25-14)27-19-24-15-5-6-29-17(15)18(26-19)23-12-2-4-13-10(7-12)9-22-28-13/h1-9H,(H,22,28)(H2,23,24,25,26,27). The van der Waals surface area contributed by atoms with Crippen molar-refractivity contribution in [3.8, 4) is 0 Å². The second-order valence-electron chi connectivity index (χ2n) is 6.58. The Balaban J connectivity index is 1.37. The fourth-order valence-corrected chi connectivity index (χ4v) is 4.87. The highest BCUT2D eigenvalue weighted by molar-refractivity contribution is 7.22. The Labute approximate surface area is 176 Å². The molecule has 0 saturated heterocycles. The van der Waals surface area contributed by atoms with E-state index in [1.807, 2.05) is 29.6 Å². The van der Waals surface area contributed by atoms with Gasteiger partial charge >= 0.3 is 0 Å². The van der Waals surface area contributed by atoms with Crippen LogP contribution in [0.25, 0.3) is 31.3 Å². The predicted molar refractivity (Wildman–Crippen MR) is 120 cm³/mol. The number of benzene rings is 2. The maximum absolute atomic E-state index is 13.5. The summed E-state index contributed by atoms with van der Waals surface area (Å²) in [6.45, 7) is 0. The smallest absolute Gasteiger partial charge is 0.231 e.